The summed E-state index contributed by atoms with van der Waals surface area (Å²) in [5.74, 6) is 0.461. The molecule has 0 aliphatic rings. The summed E-state index contributed by atoms with van der Waals surface area (Å²) in [6.07, 6.45) is 1.55. The minimum atomic E-state index is -0.280. The Bertz CT molecular complexity index is 1660. The van der Waals surface area contributed by atoms with Crippen LogP contribution in [0.1, 0.15) is 35.1 Å². The third-order valence-corrected chi connectivity index (χ3v) is 6.85. The van der Waals surface area contributed by atoms with Gasteiger partial charge >= 0.3 is 0 Å². The lowest BCUT2D eigenvalue weighted by Crippen LogP contribution is -2.26. The van der Waals surface area contributed by atoms with Gasteiger partial charge in [0.1, 0.15) is 5.82 Å². The van der Waals surface area contributed by atoms with Gasteiger partial charge in [-0.05, 0) is 77.7 Å². The number of nitrogens with zero attached hydrogens (tertiary/aromatic N) is 2. The zero-order chi connectivity index (χ0) is 26.6. The molecule has 1 N–H and O–H groups in total. The predicted molar refractivity (Wildman–Crippen MR) is 155 cm³/mol. The maximum absolute atomic E-state index is 13.7. The number of aryl methyl sites for hydroxylation is 1. The van der Waals surface area contributed by atoms with Crippen molar-refractivity contribution in [2.75, 3.05) is 5.32 Å². The topological polar surface area (TPSA) is 64.0 Å². The zero-order valence-corrected chi connectivity index (χ0v) is 22.3. The van der Waals surface area contributed by atoms with Gasteiger partial charge in [0.15, 0.2) is 0 Å². The molecule has 190 valence electrons. The minimum Gasteiger partial charge on any atom is -0.322 e. The second-order valence-corrected chi connectivity index (χ2v) is 9.94. The van der Waals surface area contributed by atoms with E-state index in [1.54, 1.807) is 47.0 Å². The number of hydrogen-bond acceptors (Lipinski definition) is 3. The lowest BCUT2D eigenvalue weighted by molar-refractivity contribution is 0.102. The van der Waals surface area contributed by atoms with E-state index < -0.39 is 0 Å². The Morgan fingerprint density at radius 2 is 1.45 bits per heavy atom. The molecule has 38 heavy (non-hydrogen) atoms. The first-order valence-electron chi connectivity index (χ1n) is 12.4. The summed E-state index contributed by atoms with van der Waals surface area (Å²) in [6, 6.07) is 27.7. The molecule has 5 nitrogen and oxygen atoms in total. The van der Waals surface area contributed by atoms with E-state index in [0.29, 0.717) is 45.2 Å². The van der Waals surface area contributed by atoms with Crippen LogP contribution in [0.5, 0.6) is 0 Å². The SMILES string of the molecule is CCCc1nc2ccc(NC(=O)c3ccc(Cl)cc3)cc2c(=O)n1Cc1ccc(-c2ccc(Cl)cc2)cc1. The molecule has 1 heterocycles. The average Bonchev–Trinajstić information content (AvgIpc) is 2.92. The van der Waals surface area contributed by atoms with Crippen LogP contribution in [0.25, 0.3) is 22.0 Å². The third-order valence-electron chi connectivity index (χ3n) is 6.34. The second kappa shape index (κ2) is 11.2. The molecule has 0 radical (unpaired) electrons. The summed E-state index contributed by atoms with van der Waals surface area (Å²) in [7, 11) is 0. The molecule has 1 aromatic heterocycles. The molecule has 7 heteroatoms. The van der Waals surface area contributed by atoms with Crippen LogP contribution in [0.3, 0.4) is 0 Å². The van der Waals surface area contributed by atoms with Crippen molar-refractivity contribution in [3.63, 3.8) is 0 Å². The Kier molecular flexibility index (Phi) is 7.59. The van der Waals surface area contributed by atoms with Crippen LogP contribution in [0.2, 0.25) is 10.0 Å². The van der Waals surface area contributed by atoms with E-state index in [4.69, 9.17) is 28.2 Å². The van der Waals surface area contributed by atoms with Crippen LogP contribution in [0.15, 0.2) is 95.8 Å². The molecule has 0 aliphatic heterocycles. The molecule has 1 amide bonds. The van der Waals surface area contributed by atoms with E-state index in [-0.39, 0.29) is 11.5 Å². The first-order valence-corrected chi connectivity index (χ1v) is 13.1. The molecule has 0 spiro atoms. The van der Waals surface area contributed by atoms with Crippen molar-refractivity contribution in [1.82, 2.24) is 9.55 Å². The lowest BCUT2D eigenvalue weighted by Gasteiger charge is -2.14. The number of aromatic nitrogens is 2. The fourth-order valence-corrected chi connectivity index (χ4v) is 4.61. The molecular formula is C31H25Cl2N3O2. The van der Waals surface area contributed by atoms with Crippen LogP contribution >= 0.6 is 23.2 Å². The number of anilines is 1. The number of hydrogen-bond donors (Lipinski definition) is 1. The smallest absolute Gasteiger partial charge is 0.261 e. The number of fused-ring (bicyclic) bond motifs is 1. The Morgan fingerprint density at radius 3 is 2.08 bits per heavy atom. The quantitative estimate of drug-likeness (QED) is 0.230. The van der Waals surface area contributed by atoms with Gasteiger partial charge in [0, 0.05) is 27.7 Å². The van der Waals surface area contributed by atoms with Gasteiger partial charge in [0.2, 0.25) is 0 Å². The summed E-state index contributed by atoms with van der Waals surface area (Å²) in [4.78, 5) is 31.2. The maximum atomic E-state index is 13.7. The van der Waals surface area contributed by atoms with Crippen molar-refractivity contribution in [1.29, 1.82) is 0 Å². The molecule has 0 unspecified atom stereocenters. The van der Waals surface area contributed by atoms with Crippen molar-refractivity contribution in [2.24, 2.45) is 0 Å². The molecule has 0 aliphatic carbocycles. The Hall–Kier alpha value is -3.93. The summed E-state index contributed by atoms with van der Waals surface area (Å²) in [5, 5.41) is 4.58. The number of amides is 1. The molecule has 0 fully saturated rings. The van der Waals surface area contributed by atoms with Crippen molar-refractivity contribution in [2.45, 2.75) is 26.3 Å². The van der Waals surface area contributed by atoms with E-state index in [1.165, 1.54) is 0 Å². The van der Waals surface area contributed by atoms with Crippen molar-refractivity contribution in [3.8, 4) is 11.1 Å². The van der Waals surface area contributed by atoms with Crippen LogP contribution in [0.4, 0.5) is 5.69 Å². The predicted octanol–water partition coefficient (Wildman–Crippen LogP) is 7.62. The number of carbonyl (C=O) groups excluding carboxylic acids is 1. The minimum absolute atomic E-state index is 0.136. The van der Waals surface area contributed by atoms with Gasteiger partial charge in [-0.15, -0.1) is 0 Å². The first kappa shape index (κ1) is 25.7. The van der Waals surface area contributed by atoms with Gasteiger partial charge in [0.05, 0.1) is 17.4 Å². The highest BCUT2D eigenvalue weighted by Crippen LogP contribution is 2.23. The molecule has 0 saturated heterocycles. The average molecular weight is 542 g/mol. The Balaban J connectivity index is 1.45. The normalized spacial score (nSPS) is 11.0. The lowest BCUT2D eigenvalue weighted by atomic mass is 10.0. The zero-order valence-electron chi connectivity index (χ0n) is 20.7. The molecular weight excluding hydrogens is 517 g/mol. The molecule has 5 aromatic rings. The summed E-state index contributed by atoms with van der Waals surface area (Å²) < 4.78 is 1.73. The molecule has 5 rings (SSSR count). The van der Waals surface area contributed by atoms with Crippen molar-refractivity contribution < 1.29 is 4.79 Å². The highest BCUT2D eigenvalue weighted by Gasteiger charge is 2.13. The standard InChI is InChI=1S/C31H25Cl2N3O2/c1-2-3-29-35-28-17-16-26(34-30(37)23-10-14-25(33)15-11-23)18-27(28)31(38)36(29)19-20-4-6-21(7-5-20)22-8-12-24(32)13-9-22/h4-18H,2-3,19H2,1H3,(H,34,37). The number of rotatable bonds is 7. The fourth-order valence-electron chi connectivity index (χ4n) is 4.35. The van der Waals surface area contributed by atoms with Crippen LogP contribution < -0.4 is 10.9 Å². The largest absolute Gasteiger partial charge is 0.322 e. The molecule has 4 aromatic carbocycles. The first-order chi connectivity index (χ1) is 18.4. The number of benzene rings is 4. The van der Waals surface area contributed by atoms with Crippen LogP contribution in [-0.4, -0.2) is 15.5 Å². The van der Waals surface area contributed by atoms with E-state index in [9.17, 15) is 9.59 Å². The molecule has 0 bridgehead atoms. The van der Waals surface area contributed by atoms with Gasteiger partial charge < -0.3 is 5.32 Å². The monoisotopic (exact) mass is 541 g/mol. The highest BCUT2D eigenvalue weighted by molar-refractivity contribution is 6.31. The molecule has 0 saturated carbocycles. The van der Waals surface area contributed by atoms with E-state index >= 15 is 0 Å². The number of carbonyl (C=O) groups is 1. The van der Waals surface area contributed by atoms with E-state index in [2.05, 4.69) is 12.2 Å². The van der Waals surface area contributed by atoms with E-state index in [1.807, 2.05) is 48.5 Å². The molecule has 0 atom stereocenters. The summed E-state index contributed by atoms with van der Waals surface area (Å²) in [6.45, 7) is 2.47. The van der Waals surface area contributed by atoms with Crippen LogP contribution in [0, 0.1) is 0 Å². The van der Waals surface area contributed by atoms with Gasteiger partial charge in [-0.1, -0.05) is 66.5 Å². The van der Waals surface area contributed by atoms with Crippen molar-refractivity contribution >= 4 is 45.7 Å². The number of halogens is 2. The van der Waals surface area contributed by atoms with Crippen molar-refractivity contribution in [3.05, 3.63) is 128 Å². The van der Waals surface area contributed by atoms with Gasteiger partial charge in [0.25, 0.3) is 11.5 Å². The number of nitrogens with one attached hydrogen (secondary N) is 1. The summed E-state index contributed by atoms with van der Waals surface area (Å²) in [5.41, 5.74) is 4.62. The Morgan fingerprint density at radius 1 is 0.842 bits per heavy atom. The Labute approximate surface area is 230 Å². The fraction of sp³-hybridized carbons (Fsp3) is 0.129. The van der Waals surface area contributed by atoms with Crippen LogP contribution in [-0.2, 0) is 13.0 Å². The summed E-state index contributed by atoms with van der Waals surface area (Å²) >= 11 is 11.9. The highest BCUT2D eigenvalue weighted by atomic mass is 35.5. The van der Waals surface area contributed by atoms with Gasteiger partial charge in [-0.25, -0.2) is 4.98 Å². The van der Waals surface area contributed by atoms with Gasteiger partial charge in [-0.2, -0.15) is 0 Å². The second-order valence-electron chi connectivity index (χ2n) is 9.07. The third kappa shape index (κ3) is 5.64. The van der Waals surface area contributed by atoms with E-state index in [0.717, 1.165) is 28.9 Å². The van der Waals surface area contributed by atoms with Gasteiger partial charge in [-0.3, -0.25) is 14.2 Å². The maximum Gasteiger partial charge on any atom is 0.261 e.